The van der Waals surface area contributed by atoms with Crippen molar-refractivity contribution in [3.05, 3.63) is 89.9 Å². The van der Waals surface area contributed by atoms with Crippen molar-refractivity contribution in [2.45, 2.75) is 19.9 Å². The maximum atomic E-state index is 12.8. The zero-order chi connectivity index (χ0) is 22.1. The van der Waals surface area contributed by atoms with E-state index in [1.165, 1.54) is 11.2 Å². The molecule has 0 bridgehead atoms. The molecule has 1 heterocycles. The zero-order valence-corrected chi connectivity index (χ0v) is 17.3. The molecular weight excluding hydrogens is 394 g/mol. The average Bonchev–Trinajstić information content (AvgIpc) is 3.27. The van der Waals surface area contributed by atoms with Gasteiger partial charge in [0.15, 0.2) is 0 Å². The van der Waals surface area contributed by atoms with E-state index in [1.54, 1.807) is 36.4 Å². The van der Waals surface area contributed by atoms with Gasteiger partial charge in [0.25, 0.3) is 5.91 Å². The second-order valence-electron chi connectivity index (χ2n) is 7.12. The number of furan rings is 1. The third-order valence-electron chi connectivity index (χ3n) is 4.58. The van der Waals surface area contributed by atoms with Crippen LogP contribution in [0.3, 0.4) is 0 Å². The molecule has 0 aliphatic rings. The van der Waals surface area contributed by atoms with E-state index in [9.17, 15) is 14.4 Å². The molecule has 0 aliphatic heterocycles. The van der Waals surface area contributed by atoms with Gasteiger partial charge in [-0.1, -0.05) is 35.9 Å². The van der Waals surface area contributed by atoms with Crippen molar-refractivity contribution in [1.82, 2.24) is 10.2 Å². The minimum absolute atomic E-state index is 0.0664. The number of anilines is 1. The summed E-state index contributed by atoms with van der Waals surface area (Å²) in [6.07, 6.45) is 1.58. The van der Waals surface area contributed by atoms with Gasteiger partial charge in [-0.25, -0.2) is 0 Å². The summed E-state index contributed by atoms with van der Waals surface area (Å²) in [6, 6.07) is 19.7. The number of hydrogen-bond donors (Lipinski definition) is 2. The maximum Gasteiger partial charge on any atom is 0.251 e. The second-order valence-corrected chi connectivity index (χ2v) is 7.12. The predicted molar refractivity (Wildman–Crippen MR) is 117 cm³/mol. The molecule has 0 unspecified atom stereocenters. The van der Waals surface area contributed by atoms with Gasteiger partial charge < -0.3 is 20.0 Å². The lowest BCUT2D eigenvalue weighted by atomic mass is 10.1. The van der Waals surface area contributed by atoms with Gasteiger partial charge in [0.05, 0.1) is 12.8 Å². The van der Waals surface area contributed by atoms with Gasteiger partial charge in [0.2, 0.25) is 11.8 Å². The van der Waals surface area contributed by atoms with Gasteiger partial charge in [0.1, 0.15) is 12.3 Å². The Morgan fingerprint density at radius 3 is 2.48 bits per heavy atom. The van der Waals surface area contributed by atoms with E-state index in [0.717, 1.165) is 5.56 Å². The summed E-state index contributed by atoms with van der Waals surface area (Å²) in [5.41, 5.74) is 2.18. The molecule has 0 fully saturated rings. The number of nitrogens with zero attached hydrogens (tertiary/aromatic N) is 1. The van der Waals surface area contributed by atoms with Crippen LogP contribution in [0.2, 0.25) is 0 Å². The monoisotopic (exact) mass is 419 g/mol. The molecule has 1 aromatic heterocycles. The smallest absolute Gasteiger partial charge is 0.251 e. The first kappa shape index (κ1) is 21.8. The van der Waals surface area contributed by atoms with Crippen molar-refractivity contribution >= 4 is 23.4 Å². The molecule has 0 atom stereocenters. The molecule has 3 rings (SSSR count). The molecule has 7 heteroatoms. The first-order valence-electron chi connectivity index (χ1n) is 10.0. The van der Waals surface area contributed by atoms with E-state index in [1.807, 2.05) is 37.3 Å². The Morgan fingerprint density at radius 2 is 1.77 bits per heavy atom. The van der Waals surface area contributed by atoms with E-state index in [4.69, 9.17) is 4.42 Å². The number of carbonyl (C=O) groups excluding carboxylic acids is 3. The number of benzene rings is 2. The lowest BCUT2D eigenvalue weighted by Crippen LogP contribution is -2.39. The van der Waals surface area contributed by atoms with Crippen molar-refractivity contribution in [2.24, 2.45) is 0 Å². The van der Waals surface area contributed by atoms with Gasteiger partial charge in [-0.15, -0.1) is 0 Å². The largest absolute Gasteiger partial charge is 0.467 e. The van der Waals surface area contributed by atoms with Crippen LogP contribution >= 0.6 is 0 Å². The molecule has 0 saturated carbocycles. The molecular formula is C24H25N3O4. The Bertz CT molecular complexity index is 1020. The summed E-state index contributed by atoms with van der Waals surface area (Å²) in [6.45, 7) is 2.12. The van der Waals surface area contributed by atoms with Crippen LogP contribution in [0.25, 0.3) is 0 Å². The Hall–Kier alpha value is -3.87. The molecule has 3 amide bonds. The minimum Gasteiger partial charge on any atom is -0.467 e. The normalized spacial score (nSPS) is 10.4. The molecule has 0 spiro atoms. The molecule has 0 aliphatic carbocycles. The molecule has 31 heavy (non-hydrogen) atoms. The highest BCUT2D eigenvalue weighted by Gasteiger charge is 2.19. The SMILES string of the molecule is Cc1cccc(C(=O)NCCC(=O)N(CC(=O)Nc2ccccc2)Cc2ccco2)c1. The molecule has 2 aromatic carbocycles. The number of para-hydroxylation sites is 1. The van der Waals surface area contributed by atoms with Crippen LogP contribution in [-0.4, -0.2) is 35.7 Å². The molecule has 0 radical (unpaired) electrons. The lowest BCUT2D eigenvalue weighted by molar-refractivity contribution is -0.135. The molecule has 7 nitrogen and oxygen atoms in total. The van der Waals surface area contributed by atoms with Crippen LogP contribution in [0.5, 0.6) is 0 Å². The number of amides is 3. The van der Waals surface area contributed by atoms with Crippen molar-refractivity contribution in [1.29, 1.82) is 0 Å². The fraction of sp³-hybridized carbons (Fsp3) is 0.208. The first-order valence-corrected chi connectivity index (χ1v) is 10.0. The van der Waals surface area contributed by atoms with E-state index >= 15 is 0 Å². The van der Waals surface area contributed by atoms with Crippen molar-refractivity contribution < 1.29 is 18.8 Å². The van der Waals surface area contributed by atoms with Crippen molar-refractivity contribution in [2.75, 3.05) is 18.4 Å². The topological polar surface area (TPSA) is 91.7 Å². The molecule has 0 saturated heterocycles. The molecule has 2 N–H and O–H groups in total. The summed E-state index contributed by atoms with van der Waals surface area (Å²) < 4.78 is 5.33. The fourth-order valence-corrected chi connectivity index (χ4v) is 3.05. The van der Waals surface area contributed by atoms with E-state index in [0.29, 0.717) is 17.0 Å². The van der Waals surface area contributed by atoms with Crippen LogP contribution in [0, 0.1) is 6.92 Å². The Labute approximate surface area is 181 Å². The van der Waals surface area contributed by atoms with E-state index < -0.39 is 0 Å². The highest BCUT2D eigenvalue weighted by molar-refractivity contribution is 5.95. The summed E-state index contributed by atoms with van der Waals surface area (Å²) in [7, 11) is 0. The highest BCUT2D eigenvalue weighted by Crippen LogP contribution is 2.09. The maximum absolute atomic E-state index is 12.8. The summed E-state index contributed by atoms with van der Waals surface area (Å²) in [4.78, 5) is 38.9. The third-order valence-corrected chi connectivity index (χ3v) is 4.58. The van der Waals surface area contributed by atoms with Gasteiger partial charge in [-0.3, -0.25) is 14.4 Å². The van der Waals surface area contributed by atoms with Crippen LogP contribution < -0.4 is 10.6 Å². The van der Waals surface area contributed by atoms with Gasteiger partial charge in [0, 0.05) is 24.2 Å². The van der Waals surface area contributed by atoms with Crippen molar-refractivity contribution in [3.63, 3.8) is 0 Å². The number of rotatable bonds is 9. The predicted octanol–water partition coefficient (Wildman–Crippen LogP) is 3.38. The van der Waals surface area contributed by atoms with Gasteiger partial charge in [-0.2, -0.15) is 0 Å². The Morgan fingerprint density at radius 1 is 0.968 bits per heavy atom. The minimum atomic E-state index is -0.310. The van der Waals surface area contributed by atoms with Crippen molar-refractivity contribution in [3.8, 4) is 0 Å². The fourth-order valence-electron chi connectivity index (χ4n) is 3.05. The first-order chi connectivity index (χ1) is 15.0. The highest BCUT2D eigenvalue weighted by atomic mass is 16.3. The Kier molecular flexibility index (Phi) is 7.59. The second kappa shape index (κ2) is 10.8. The van der Waals surface area contributed by atoms with Crippen LogP contribution in [0.4, 0.5) is 5.69 Å². The summed E-state index contributed by atoms with van der Waals surface area (Å²) in [5, 5.41) is 5.53. The average molecular weight is 419 g/mol. The zero-order valence-electron chi connectivity index (χ0n) is 17.3. The van der Waals surface area contributed by atoms with E-state index in [-0.39, 0.29) is 43.8 Å². The lowest BCUT2D eigenvalue weighted by Gasteiger charge is -2.21. The van der Waals surface area contributed by atoms with Gasteiger partial charge in [-0.05, 0) is 43.3 Å². The number of hydrogen-bond acceptors (Lipinski definition) is 4. The van der Waals surface area contributed by atoms with Crippen LogP contribution in [-0.2, 0) is 16.1 Å². The third kappa shape index (κ3) is 6.85. The number of aryl methyl sites for hydroxylation is 1. The van der Waals surface area contributed by atoms with Crippen LogP contribution in [0.1, 0.15) is 28.1 Å². The quantitative estimate of drug-likeness (QED) is 0.556. The van der Waals surface area contributed by atoms with Crippen LogP contribution in [0.15, 0.2) is 77.4 Å². The Balaban J connectivity index is 1.56. The standard InChI is InChI=1S/C24H25N3O4/c1-18-7-5-8-19(15-18)24(30)25-13-12-23(29)27(16-21-11-6-14-31-21)17-22(28)26-20-9-3-2-4-10-20/h2-11,14-15H,12-13,16-17H2,1H3,(H,25,30)(H,26,28). The number of carbonyl (C=O) groups is 3. The summed E-state index contributed by atoms with van der Waals surface area (Å²) >= 11 is 0. The number of nitrogens with one attached hydrogen (secondary N) is 2. The summed E-state index contributed by atoms with van der Waals surface area (Å²) in [5.74, 6) is -0.236. The van der Waals surface area contributed by atoms with E-state index in [2.05, 4.69) is 10.6 Å². The van der Waals surface area contributed by atoms with Gasteiger partial charge >= 0.3 is 0 Å². The molecule has 160 valence electrons. The molecule has 3 aromatic rings.